The first-order chi connectivity index (χ1) is 8.58. The van der Waals surface area contributed by atoms with E-state index < -0.39 is 0 Å². The van der Waals surface area contributed by atoms with E-state index in [1.54, 1.807) is 0 Å². The highest BCUT2D eigenvalue weighted by Crippen LogP contribution is 2.28. The highest BCUT2D eigenvalue weighted by atomic mass is 35.5. The maximum absolute atomic E-state index is 6.07. The van der Waals surface area contributed by atoms with Crippen LogP contribution in [0.25, 0.3) is 0 Å². The van der Waals surface area contributed by atoms with Crippen molar-refractivity contribution < 1.29 is 4.74 Å². The summed E-state index contributed by atoms with van der Waals surface area (Å²) in [6.45, 7) is 10.3. The Morgan fingerprint density at radius 1 is 1.28 bits per heavy atom. The van der Waals surface area contributed by atoms with E-state index in [2.05, 4.69) is 33.0 Å². The molecule has 3 heteroatoms. The van der Waals surface area contributed by atoms with Crippen LogP contribution in [0.1, 0.15) is 45.7 Å². The molecule has 0 spiro atoms. The van der Waals surface area contributed by atoms with Gasteiger partial charge in [-0.2, -0.15) is 0 Å². The lowest BCUT2D eigenvalue weighted by atomic mass is 10.1. The smallest absolute Gasteiger partial charge is 0.124 e. The minimum atomic E-state index is 0.251. The number of hydrogen-bond donors (Lipinski definition) is 1. The lowest BCUT2D eigenvalue weighted by Crippen LogP contribution is -2.19. The Morgan fingerprint density at radius 2 is 2.00 bits per heavy atom. The van der Waals surface area contributed by atoms with E-state index in [1.807, 2.05) is 18.2 Å². The van der Waals surface area contributed by atoms with E-state index in [0.29, 0.717) is 5.92 Å². The molecule has 102 valence electrons. The molecule has 2 nitrogen and oxygen atoms in total. The van der Waals surface area contributed by atoms with Gasteiger partial charge in [-0.1, -0.05) is 38.8 Å². The van der Waals surface area contributed by atoms with E-state index in [1.165, 1.54) is 0 Å². The van der Waals surface area contributed by atoms with Gasteiger partial charge in [0.05, 0.1) is 6.61 Å². The summed E-state index contributed by atoms with van der Waals surface area (Å²) in [7, 11) is 0. The average molecular weight is 270 g/mol. The van der Waals surface area contributed by atoms with Crippen molar-refractivity contribution in [1.29, 1.82) is 0 Å². The summed E-state index contributed by atoms with van der Waals surface area (Å²) in [6, 6.07) is 6.09. The van der Waals surface area contributed by atoms with E-state index in [4.69, 9.17) is 16.3 Å². The van der Waals surface area contributed by atoms with Gasteiger partial charge in [-0.15, -0.1) is 0 Å². The summed E-state index contributed by atoms with van der Waals surface area (Å²) in [4.78, 5) is 0. The van der Waals surface area contributed by atoms with Gasteiger partial charge in [0.2, 0.25) is 0 Å². The molecular formula is C15H24ClNO. The van der Waals surface area contributed by atoms with Gasteiger partial charge in [-0.25, -0.2) is 0 Å². The molecule has 0 aliphatic rings. The van der Waals surface area contributed by atoms with Crippen LogP contribution in [0, 0.1) is 5.92 Å². The first kappa shape index (κ1) is 15.3. The van der Waals surface area contributed by atoms with Crippen LogP contribution < -0.4 is 10.1 Å². The Hall–Kier alpha value is -0.730. The van der Waals surface area contributed by atoms with Crippen molar-refractivity contribution in [3.8, 4) is 5.75 Å². The van der Waals surface area contributed by atoms with Gasteiger partial charge >= 0.3 is 0 Å². The van der Waals surface area contributed by atoms with Crippen molar-refractivity contribution in [3.05, 3.63) is 28.8 Å². The van der Waals surface area contributed by atoms with Crippen LogP contribution in [0.15, 0.2) is 18.2 Å². The first-order valence-corrected chi connectivity index (χ1v) is 7.11. The monoisotopic (exact) mass is 269 g/mol. The van der Waals surface area contributed by atoms with E-state index in [9.17, 15) is 0 Å². The molecule has 2 atom stereocenters. The van der Waals surface area contributed by atoms with Gasteiger partial charge in [-0.3, -0.25) is 0 Å². The summed E-state index contributed by atoms with van der Waals surface area (Å²) in [5.74, 6) is 1.51. The van der Waals surface area contributed by atoms with Crippen LogP contribution in [0.3, 0.4) is 0 Å². The molecule has 1 aromatic carbocycles. The molecule has 1 N–H and O–H groups in total. The molecule has 2 unspecified atom stereocenters. The lowest BCUT2D eigenvalue weighted by Gasteiger charge is -2.19. The number of benzene rings is 1. The second-order valence-corrected chi connectivity index (χ2v) is 5.22. The topological polar surface area (TPSA) is 21.3 Å². The Balaban J connectivity index is 2.82. The predicted molar refractivity (Wildman–Crippen MR) is 78.5 cm³/mol. The zero-order valence-electron chi connectivity index (χ0n) is 11.8. The van der Waals surface area contributed by atoms with Gasteiger partial charge in [0.1, 0.15) is 5.75 Å². The Kier molecular flexibility index (Phi) is 6.51. The predicted octanol–water partition coefficient (Wildman–Crippen LogP) is 4.44. The summed E-state index contributed by atoms with van der Waals surface area (Å²) in [5, 5.41) is 4.15. The maximum atomic E-state index is 6.07. The third-order valence-corrected chi connectivity index (χ3v) is 3.40. The van der Waals surface area contributed by atoms with E-state index in [-0.39, 0.29) is 6.04 Å². The van der Waals surface area contributed by atoms with Crippen LogP contribution in [-0.2, 0) is 0 Å². The lowest BCUT2D eigenvalue weighted by molar-refractivity contribution is 0.252. The van der Waals surface area contributed by atoms with Gasteiger partial charge in [-0.05, 0) is 37.6 Å². The molecule has 0 fully saturated rings. The third kappa shape index (κ3) is 4.51. The molecule has 1 rings (SSSR count). The maximum Gasteiger partial charge on any atom is 0.124 e. The van der Waals surface area contributed by atoms with Crippen LogP contribution >= 0.6 is 11.6 Å². The molecule has 0 aliphatic heterocycles. The molecular weight excluding hydrogens is 246 g/mol. The molecule has 0 amide bonds. The fourth-order valence-corrected chi connectivity index (χ4v) is 1.94. The second-order valence-electron chi connectivity index (χ2n) is 4.79. The van der Waals surface area contributed by atoms with Crippen molar-refractivity contribution in [1.82, 2.24) is 5.32 Å². The zero-order chi connectivity index (χ0) is 13.5. The van der Waals surface area contributed by atoms with Crippen LogP contribution in [0.4, 0.5) is 0 Å². The summed E-state index contributed by atoms with van der Waals surface area (Å²) in [6.07, 6.45) is 1.13. The van der Waals surface area contributed by atoms with Crippen molar-refractivity contribution >= 4 is 11.6 Å². The number of halogens is 1. The number of hydrogen-bond acceptors (Lipinski definition) is 2. The Bertz CT molecular complexity index is 368. The second kappa shape index (κ2) is 7.65. The van der Waals surface area contributed by atoms with Crippen molar-refractivity contribution in [3.63, 3.8) is 0 Å². The molecule has 0 heterocycles. The van der Waals surface area contributed by atoms with Crippen LogP contribution in [0.5, 0.6) is 5.75 Å². The molecule has 18 heavy (non-hydrogen) atoms. The standard InChI is InChI=1S/C15H24ClNO/c1-5-11(3)10-18-15-8-7-13(16)9-14(15)12(4)17-6-2/h7-9,11-12,17H,5-6,10H2,1-4H3. The number of rotatable bonds is 7. The average Bonchev–Trinajstić information content (AvgIpc) is 2.37. The SMILES string of the molecule is CCNC(C)c1cc(Cl)ccc1OCC(C)CC. The Morgan fingerprint density at radius 3 is 2.61 bits per heavy atom. The molecule has 0 aliphatic carbocycles. The molecule has 0 aromatic heterocycles. The summed E-state index contributed by atoms with van der Waals surface area (Å²) in [5.41, 5.74) is 1.13. The minimum Gasteiger partial charge on any atom is -0.493 e. The van der Waals surface area contributed by atoms with Crippen molar-refractivity contribution in [2.24, 2.45) is 5.92 Å². The van der Waals surface area contributed by atoms with Crippen molar-refractivity contribution in [2.75, 3.05) is 13.2 Å². The first-order valence-electron chi connectivity index (χ1n) is 6.74. The van der Waals surface area contributed by atoms with Crippen molar-refractivity contribution in [2.45, 2.75) is 40.2 Å². The normalized spacial score (nSPS) is 14.3. The fraction of sp³-hybridized carbons (Fsp3) is 0.600. The zero-order valence-corrected chi connectivity index (χ0v) is 12.6. The molecule has 1 aromatic rings. The van der Waals surface area contributed by atoms with Gasteiger partial charge in [0.25, 0.3) is 0 Å². The largest absolute Gasteiger partial charge is 0.493 e. The summed E-state index contributed by atoms with van der Waals surface area (Å²) >= 11 is 6.07. The highest BCUT2D eigenvalue weighted by Gasteiger charge is 2.12. The fourth-order valence-electron chi connectivity index (χ4n) is 1.76. The quantitative estimate of drug-likeness (QED) is 0.790. The van der Waals surface area contributed by atoms with E-state index >= 15 is 0 Å². The minimum absolute atomic E-state index is 0.251. The highest BCUT2D eigenvalue weighted by molar-refractivity contribution is 6.30. The third-order valence-electron chi connectivity index (χ3n) is 3.17. The Labute approximate surface area is 116 Å². The van der Waals surface area contributed by atoms with Gasteiger partial charge in [0.15, 0.2) is 0 Å². The summed E-state index contributed by atoms with van der Waals surface area (Å²) < 4.78 is 5.91. The molecule has 0 radical (unpaired) electrons. The van der Waals surface area contributed by atoms with Crippen LogP contribution in [-0.4, -0.2) is 13.2 Å². The number of ether oxygens (including phenoxy) is 1. The van der Waals surface area contributed by atoms with E-state index in [0.717, 1.165) is 35.9 Å². The molecule has 0 bridgehead atoms. The van der Waals surface area contributed by atoms with Gasteiger partial charge in [0, 0.05) is 16.6 Å². The molecule has 0 saturated heterocycles. The van der Waals surface area contributed by atoms with Crippen LogP contribution in [0.2, 0.25) is 5.02 Å². The van der Waals surface area contributed by atoms with Gasteiger partial charge < -0.3 is 10.1 Å². The number of nitrogens with one attached hydrogen (secondary N) is 1. The molecule has 0 saturated carbocycles.